The minimum absolute atomic E-state index is 0.100. The quantitative estimate of drug-likeness (QED) is 0.232. The summed E-state index contributed by atoms with van der Waals surface area (Å²) in [6, 6.07) is 13.2. The Morgan fingerprint density at radius 3 is 1.60 bits per heavy atom. The van der Waals surface area contributed by atoms with E-state index in [2.05, 4.69) is 74.4 Å². The summed E-state index contributed by atoms with van der Waals surface area (Å²) >= 11 is 0. The van der Waals surface area contributed by atoms with Crippen molar-refractivity contribution in [1.82, 2.24) is 0 Å². The third-order valence-electron chi connectivity index (χ3n) is 7.97. The lowest BCUT2D eigenvalue weighted by Crippen LogP contribution is -2.28. The molecule has 1 atom stereocenters. The molecule has 40 heavy (non-hydrogen) atoms. The molecule has 0 heterocycles. The van der Waals surface area contributed by atoms with Gasteiger partial charge in [-0.15, -0.1) is 0 Å². The second-order valence-electron chi connectivity index (χ2n) is 14.3. The molecule has 0 saturated heterocycles. The van der Waals surface area contributed by atoms with Crippen LogP contribution in [0.2, 0.25) is 0 Å². The Morgan fingerprint density at radius 1 is 0.625 bits per heavy atom. The first kappa shape index (κ1) is 31.6. The number of carbonyl (C=O) groups is 2. The Hall–Kier alpha value is -2.90. The van der Waals surface area contributed by atoms with Gasteiger partial charge in [0.2, 0.25) is 5.30 Å². The number of carbonyl (C=O) groups excluding carboxylic acids is 2. The Morgan fingerprint density at radius 2 is 1.12 bits per heavy atom. The molecule has 1 unspecified atom stereocenters. The van der Waals surface area contributed by atoms with Gasteiger partial charge in [0.1, 0.15) is 0 Å². The molecule has 0 spiro atoms. The van der Waals surface area contributed by atoms with Crippen LogP contribution in [-0.2, 0) is 20.8 Å². The minimum Gasteiger partial charge on any atom is -0.288 e. The molecule has 0 aliphatic heterocycles. The predicted octanol–water partition coefficient (Wildman–Crippen LogP) is 9.34. The van der Waals surface area contributed by atoms with Crippen LogP contribution in [-0.4, -0.2) is 11.3 Å². The third kappa shape index (κ3) is 6.06. The molecule has 0 amide bonds. The average Bonchev–Trinajstić information content (AvgIpc) is 2.84. The summed E-state index contributed by atoms with van der Waals surface area (Å²) in [6.45, 7) is 27.1. The number of ketones is 1. The van der Waals surface area contributed by atoms with Crippen molar-refractivity contribution in [3.05, 3.63) is 98.1 Å². The van der Waals surface area contributed by atoms with Gasteiger partial charge in [-0.2, -0.15) is 0 Å². The van der Waals surface area contributed by atoms with Crippen molar-refractivity contribution in [2.24, 2.45) is 0 Å². The maximum atomic E-state index is 14.6. The zero-order valence-electron chi connectivity index (χ0n) is 26.7. The van der Waals surface area contributed by atoms with Crippen molar-refractivity contribution < 1.29 is 14.2 Å². The normalized spacial score (nSPS) is 12.9. The summed E-state index contributed by atoms with van der Waals surface area (Å²) in [7, 11) is -2.52. The van der Waals surface area contributed by atoms with Crippen molar-refractivity contribution in [1.29, 1.82) is 0 Å². The smallest absolute Gasteiger partial charge is 0.288 e. The van der Waals surface area contributed by atoms with Crippen molar-refractivity contribution in [2.75, 3.05) is 0 Å². The highest BCUT2D eigenvalue weighted by Gasteiger charge is 2.40. The van der Waals surface area contributed by atoms with E-state index in [1.165, 1.54) is 5.56 Å². The van der Waals surface area contributed by atoms with Crippen molar-refractivity contribution in [3.63, 3.8) is 0 Å². The van der Waals surface area contributed by atoms with Crippen molar-refractivity contribution in [2.45, 2.75) is 106 Å². The van der Waals surface area contributed by atoms with Gasteiger partial charge in [0, 0.05) is 5.56 Å². The molecule has 0 aromatic heterocycles. The molecule has 0 fully saturated rings. The highest BCUT2D eigenvalue weighted by atomic mass is 31.1. The SMILES string of the molecule is Cc1cc(C)c(C(=O)[P+](=O)c2ccccc2C(=O)c2c(C(C)(C)C)cc(C(C)(C)C)cc2C(C)(C)C)c(C)c1C. The summed E-state index contributed by atoms with van der Waals surface area (Å²) < 4.78 is 14.0. The zero-order valence-corrected chi connectivity index (χ0v) is 27.6. The second-order valence-corrected chi connectivity index (χ2v) is 15.8. The standard InChI is InChI=1S/C36H46O3P/c1-21-18-22(2)30(24(4)23(21)3)33(38)40(39)29-17-15-14-16-26(29)32(37)31-27(35(8,9)10)19-25(34(5,6)7)20-28(31)36(11,12)13/h14-20H,1-13H3/q+1. The molecule has 0 aliphatic rings. The summed E-state index contributed by atoms with van der Waals surface area (Å²) in [5.74, 6) is -0.185. The van der Waals surface area contributed by atoms with Gasteiger partial charge in [-0.05, 0) is 95.0 Å². The lowest BCUT2D eigenvalue weighted by molar-refractivity contribution is 0.103. The maximum absolute atomic E-state index is 14.6. The van der Waals surface area contributed by atoms with E-state index in [0.717, 1.165) is 33.4 Å². The van der Waals surface area contributed by atoms with E-state index < -0.39 is 13.3 Å². The molecule has 0 saturated carbocycles. The van der Waals surface area contributed by atoms with Gasteiger partial charge in [-0.1, -0.05) is 97.2 Å². The fourth-order valence-corrected chi connectivity index (χ4v) is 6.69. The van der Waals surface area contributed by atoms with Gasteiger partial charge >= 0.3 is 13.3 Å². The van der Waals surface area contributed by atoms with Crippen LogP contribution in [0.15, 0.2) is 42.5 Å². The molecule has 0 radical (unpaired) electrons. The van der Waals surface area contributed by atoms with Crippen LogP contribution in [0.3, 0.4) is 0 Å². The first-order chi connectivity index (χ1) is 18.2. The molecule has 3 aromatic carbocycles. The van der Waals surface area contributed by atoms with Crippen LogP contribution < -0.4 is 5.30 Å². The van der Waals surface area contributed by atoms with Gasteiger partial charge in [-0.25, -0.2) is 4.79 Å². The summed E-state index contributed by atoms with van der Waals surface area (Å²) in [5, 5.41) is 0.296. The summed E-state index contributed by atoms with van der Waals surface area (Å²) in [5.41, 5.74) is 7.19. The number of aryl methyl sites for hydroxylation is 2. The zero-order chi connectivity index (χ0) is 30.5. The number of hydrogen-bond donors (Lipinski definition) is 0. The summed E-state index contributed by atoms with van der Waals surface area (Å²) in [6.07, 6.45) is 0. The predicted molar refractivity (Wildman–Crippen MR) is 169 cm³/mol. The number of benzene rings is 3. The van der Waals surface area contributed by atoms with Crippen molar-refractivity contribution in [3.8, 4) is 0 Å². The van der Waals surface area contributed by atoms with Crippen LogP contribution in [0, 0.1) is 27.7 Å². The first-order valence-corrected chi connectivity index (χ1v) is 15.4. The first-order valence-electron chi connectivity index (χ1n) is 14.1. The van der Waals surface area contributed by atoms with E-state index >= 15 is 0 Å². The Kier molecular flexibility index (Phi) is 8.56. The monoisotopic (exact) mass is 557 g/mol. The molecule has 0 N–H and O–H groups in total. The molecular formula is C36H46O3P+. The van der Waals surface area contributed by atoms with Gasteiger partial charge in [0.15, 0.2) is 5.78 Å². The average molecular weight is 558 g/mol. The third-order valence-corrected chi connectivity index (χ3v) is 9.39. The fraction of sp³-hybridized carbons (Fsp3) is 0.444. The largest absolute Gasteiger partial charge is 0.459 e. The molecule has 3 aromatic rings. The molecule has 0 bridgehead atoms. The summed E-state index contributed by atoms with van der Waals surface area (Å²) in [4.78, 5) is 28.4. The van der Waals surface area contributed by atoms with E-state index in [4.69, 9.17) is 0 Å². The minimum atomic E-state index is -2.52. The second kappa shape index (κ2) is 10.8. The van der Waals surface area contributed by atoms with Crippen molar-refractivity contribution >= 4 is 24.4 Å². The Balaban J connectivity index is 2.30. The lowest BCUT2D eigenvalue weighted by Gasteiger charge is -2.33. The van der Waals surface area contributed by atoms with E-state index in [-0.39, 0.29) is 22.0 Å². The van der Waals surface area contributed by atoms with Gasteiger partial charge < -0.3 is 0 Å². The molecule has 212 valence electrons. The van der Waals surface area contributed by atoms with Gasteiger partial charge in [-0.3, -0.25) is 4.79 Å². The molecule has 0 aliphatic carbocycles. The number of hydrogen-bond acceptors (Lipinski definition) is 3. The van der Waals surface area contributed by atoms with Crippen LogP contribution in [0.4, 0.5) is 0 Å². The molecule has 3 nitrogen and oxygen atoms in total. The maximum Gasteiger partial charge on any atom is 0.459 e. The molecule has 4 heteroatoms. The van der Waals surface area contributed by atoms with Crippen LogP contribution in [0.5, 0.6) is 0 Å². The highest BCUT2D eigenvalue weighted by Crippen LogP contribution is 2.40. The molecular weight excluding hydrogens is 511 g/mol. The van der Waals surface area contributed by atoms with E-state index in [0.29, 0.717) is 22.0 Å². The van der Waals surface area contributed by atoms with Crippen LogP contribution in [0.25, 0.3) is 0 Å². The molecule has 3 rings (SSSR count). The van der Waals surface area contributed by atoms with Gasteiger partial charge in [0.05, 0.1) is 11.1 Å². The van der Waals surface area contributed by atoms with Gasteiger partial charge in [0.25, 0.3) is 0 Å². The highest BCUT2D eigenvalue weighted by molar-refractivity contribution is 7.71. The van der Waals surface area contributed by atoms with E-state index in [9.17, 15) is 14.2 Å². The van der Waals surface area contributed by atoms with Crippen LogP contribution >= 0.6 is 7.80 Å². The Labute approximate surface area is 242 Å². The van der Waals surface area contributed by atoms with E-state index in [1.54, 1.807) is 24.3 Å². The van der Waals surface area contributed by atoms with E-state index in [1.807, 2.05) is 33.8 Å². The topological polar surface area (TPSA) is 51.2 Å². The lowest BCUT2D eigenvalue weighted by atomic mass is 9.71. The Bertz CT molecular complexity index is 1480. The fourth-order valence-electron chi connectivity index (χ4n) is 5.30. The number of rotatable bonds is 5. The van der Waals surface area contributed by atoms with Crippen LogP contribution in [0.1, 0.15) is 128 Å².